The number of amides is 1. The first-order chi connectivity index (χ1) is 10.1. The topological polar surface area (TPSA) is 78.7 Å². The Hall–Kier alpha value is -2.23. The van der Waals surface area contributed by atoms with Crippen molar-refractivity contribution in [3.8, 4) is 6.07 Å². The molecule has 106 valence electrons. The van der Waals surface area contributed by atoms with E-state index in [4.69, 9.17) is 16.9 Å². The van der Waals surface area contributed by atoms with Crippen LogP contribution >= 0.6 is 22.9 Å². The molecule has 0 aliphatic rings. The average molecular weight is 319 g/mol. The predicted octanol–water partition coefficient (Wildman–Crippen LogP) is 3.30. The van der Waals surface area contributed by atoms with Gasteiger partial charge in [-0.25, -0.2) is 0 Å². The van der Waals surface area contributed by atoms with Crippen molar-refractivity contribution in [2.24, 2.45) is 0 Å². The number of aromatic nitrogens is 2. The van der Waals surface area contributed by atoms with Crippen LogP contribution in [0.3, 0.4) is 0 Å². The molecule has 21 heavy (non-hydrogen) atoms. The Bertz CT molecular complexity index is 733. The van der Waals surface area contributed by atoms with Crippen molar-refractivity contribution in [1.82, 2.24) is 10.2 Å². The van der Waals surface area contributed by atoms with Gasteiger partial charge in [0.05, 0.1) is 0 Å². The quantitative estimate of drug-likeness (QED) is 0.693. The van der Waals surface area contributed by atoms with Gasteiger partial charge in [0.2, 0.25) is 5.13 Å². The number of anilines is 1. The summed E-state index contributed by atoms with van der Waals surface area (Å²) in [5.41, 5.74) is 0.564. The van der Waals surface area contributed by atoms with E-state index in [1.807, 2.05) is 13.0 Å². The second-order valence-electron chi connectivity index (χ2n) is 4.00. The molecule has 1 aromatic heterocycles. The van der Waals surface area contributed by atoms with Crippen LogP contribution in [0.2, 0.25) is 5.02 Å². The Morgan fingerprint density at radius 2 is 2.24 bits per heavy atom. The van der Waals surface area contributed by atoms with E-state index in [1.165, 1.54) is 17.4 Å². The zero-order valence-electron chi connectivity index (χ0n) is 11.1. The Morgan fingerprint density at radius 1 is 1.48 bits per heavy atom. The molecule has 0 aliphatic heterocycles. The number of hydrogen-bond acceptors (Lipinski definition) is 5. The number of nitriles is 1. The zero-order valence-corrected chi connectivity index (χ0v) is 12.7. The zero-order chi connectivity index (χ0) is 15.2. The van der Waals surface area contributed by atoms with E-state index in [0.29, 0.717) is 15.7 Å². The monoisotopic (exact) mass is 318 g/mol. The van der Waals surface area contributed by atoms with Gasteiger partial charge in [0.15, 0.2) is 0 Å². The number of halogens is 1. The maximum absolute atomic E-state index is 12.1. The second-order valence-corrected chi connectivity index (χ2v) is 5.47. The summed E-state index contributed by atoms with van der Waals surface area (Å²) in [6.45, 7) is 1.95. The molecule has 0 spiro atoms. The van der Waals surface area contributed by atoms with Gasteiger partial charge in [-0.1, -0.05) is 48.1 Å². The third kappa shape index (κ3) is 3.88. The summed E-state index contributed by atoms with van der Waals surface area (Å²) >= 11 is 7.29. The van der Waals surface area contributed by atoms with Gasteiger partial charge in [-0.2, -0.15) is 5.26 Å². The largest absolute Gasteiger partial charge is 0.296 e. The number of benzene rings is 1. The lowest BCUT2D eigenvalue weighted by atomic mass is 10.1. The van der Waals surface area contributed by atoms with Crippen molar-refractivity contribution in [2.75, 3.05) is 5.32 Å². The maximum atomic E-state index is 12.1. The van der Waals surface area contributed by atoms with Gasteiger partial charge in [0.1, 0.15) is 16.6 Å². The van der Waals surface area contributed by atoms with Gasteiger partial charge in [0.25, 0.3) is 5.91 Å². The molecule has 1 heterocycles. The minimum Gasteiger partial charge on any atom is -0.296 e. The summed E-state index contributed by atoms with van der Waals surface area (Å²) in [5.74, 6) is -0.531. The van der Waals surface area contributed by atoms with Crippen molar-refractivity contribution in [1.29, 1.82) is 5.26 Å². The Kier molecular flexibility index (Phi) is 5.04. The Balaban J connectivity index is 2.19. The van der Waals surface area contributed by atoms with E-state index in [0.717, 1.165) is 11.4 Å². The molecule has 0 fully saturated rings. The molecule has 2 rings (SSSR count). The van der Waals surface area contributed by atoms with Crippen LogP contribution in [0.25, 0.3) is 6.08 Å². The van der Waals surface area contributed by atoms with Crippen molar-refractivity contribution in [3.05, 3.63) is 45.4 Å². The molecular weight excluding hydrogens is 308 g/mol. The molecular formula is C14H11ClN4OS. The highest BCUT2D eigenvalue weighted by Crippen LogP contribution is 2.20. The summed E-state index contributed by atoms with van der Waals surface area (Å²) in [5, 5.41) is 21.1. The van der Waals surface area contributed by atoms with E-state index in [9.17, 15) is 4.79 Å². The van der Waals surface area contributed by atoms with Crippen molar-refractivity contribution in [3.63, 3.8) is 0 Å². The first-order valence-corrected chi connectivity index (χ1v) is 7.33. The average Bonchev–Trinajstić information content (AvgIpc) is 2.94. The summed E-state index contributed by atoms with van der Waals surface area (Å²) in [6.07, 6.45) is 2.19. The summed E-state index contributed by atoms with van der Waals surface area (Å²) in [4.78, 5) is 12.1. The van der Waals surface area contributed by atoms with E-state index < -0.39 is 5.91 Å². The molecule has 0 bridgehead atoms. The minimum atomic E-state index is -0.531. The summed E-state index contributed by atoms with van der Waals surface area (Å²) in [7, 11) is 0. The van der Waals surface area contributed by atoms with Gasteiger partial charge < -0.3 is 0 Å². The summed E-state index contributed by atoms with van der Waals surface area (Å²) < 4.78 is 0. The molecule has 1 aromatic carbocycles. The second kappa shape index (κ2) is 6.97. The molecule has 0 atom stereocenters. The SMILES string of the molecule is CCc1nnc(NC(=O)C(C#N)=Cc2ccccc2Cl)s1. The third-order valence-electron chi connectivity index (χ3n) is 2.56. The molecule has 1 N–H and O–H groups in total. The maximum Gasteiger partial charge on any atom is 0.268 e. The van der Waals surface area contributed by atoms with Crippen molar-refractivity contribution in [2.45, 2.75) is 13.3 Å². The number of rotatable bonds is 4. The highest BCUT2D eigenvalue weighted by atomic mass is 35.5. The molecule has 1 amide bonds. The van der Waals surface area contributed by atoms with Gasteiger partial charge >= 0.3 is 0 Å². The molecule has 0 aliphatic carbocycles. The molecule has 2 aromatic rings. The molecule has 0 saturated carbocycles. The van der Waals surface area contributed by atoms with E-state index in [2.05, 4.69) is 15.5 Å². The number of carbonyl (C=O) groups excluding carboxylic acids is 1. The molecule has 0 unspecified atom stereocenters. The number of aryl methyl sites for hydroxylation is 1. The highest BCUT2D eigenvalue weighted by Gasteiger charge is 2.13. The van der Waals surface area contributed by atoms with E-state index in [-0.39, 0.29) is 5.57 Å². The van der Waals surface area contributed by atoms with Crippen LogP contribution in [0, 0.1) is 11.3 Å². The van der Waals surface area contributed by atoms with E-state index in [1.54, 1.807) is 24.3 Å². The van der Waals surface area contributed by atoms with Crippen LogP contribution in [-0.2, 0) is 11.2 Å². The fourth-order valence-corrected chi connectivity index (χ4v) is 2.37. The van der Waals surface area contributed by atoms with Gasteiger partial charge in [-0.15, -0.1) is 10.2 Å². The van der Waals surface area contributed by atoms with Gasteiger partial charge in [0, 0.05) is 5.02 Å². The van der Waals surface area contributed by atoms with Crippen LogP contribution in [0.15, 0.2) is 29.8 Å². The van der Waals surface area contributed by atoms with Crippen molar-refractivity contribution >= 4 is 40.1 Å². The van der Waals surface area contributed by atoms with Gasteiger partial charge in [-0.05, 0) is 24.1 Å². The lowest BCUT2D eigenvalue weighted by Gasteiger charge is -2.01. The lowest BCUT2D eigenvalue weighted by molar-refractivity contribution is -0.112. The molecule has 0 saturated heterocycles. The van der Waals surface area contributed by atoms with E-state index >= 15 is 0 Å². The van der Waals surface area contributed by atoms with Crippen LogP contribution in [0.1, 0.15) is 17.5 Å². The first kappa shape index (κ1) is 15.2. The lowest BCUT2D eigenvalue weighted by Crippen LogP contribution is -2.13. The number of carbonyl (C=O) groups is 1. The predicted molar refractivity (Wildman–Crippen MR) is 83.0 cm³/mol. The summed E-state index contributed by atoms with van der Waals surface area (Å²) in [6, 6.07) is 8.85. The number of nitrogens with zero attached hydrogens (tertiary/aromatic N) is 3. The fourth-order valence-electron chi connectivity index (χ4n) is 1.51. The van der Waals surface area contributed by atoms with Crippen LogP contribution in [-0.4, -0.2) is 16.1 Å². The third-order valence-corrected chi connectivity index (χ3v) is 3.89. The molecule has 0 radical (unpaired) electrons. The van der Waals surface area contributed by atoms with Crippen LogP contribution in [0.5, 0.6) is 0 Å². The molecule has 5 nitrogen and oxygen atoms in total. The smallest absolute Gasteiger partial charge is 0.268 e. The fraction of sp³-hybridized carbons (Fsp3) is 0.143. The number of nitrogens with one attached hydrogen (secondary N) is 1. The number of hydrogen-bond donors (Lipinski definition) is 1. The van der Waals surface area contributed by atoms with Gasteiger partial charge in [-0.3, -0.25) is 10.1 Å². The Labute approximate surface area is 130 Å². The minimum absolute atomic E-state index is 0.0450. The standard InChI is InChI=1S/C14H11ClN4OS/c1-2-12-18-19-14(21-12)17-13(20)10(8-16)7-9-5-3-4-6-11(9)15/h3-7H,2H2,1H3,(H,17,19,20). The normalized spacial score (nSPS) is 11.0. The van der Waals surface area contributed by atoms with Crippen molar-refractivity contribution < 1.29 is 4.79 Å². The Morgan fingerprint density at radius 3 is 2.86 bits per heavy atom. The van der Waals surface area contributed by atoms with Crippen LogP contribution < -0.4 is 5.32 Å². The van der Waals surface area contributed by atoms with Crippen LogP contribution in [0.4, 0.5) is 5.13 Å². The first-order valence-electron chi connectivity index (χ1n) is 6.14. The highest BCUT2D eigenvalue weighted by molar-refractivity contribution is 7.15. The molecule has 7 heteroatoms.